The number of hydrogen-bond acceptors (Lipinski definition) is 4. The molecule has 0 heterocycles. The molecule has 0 aromatic rings. The first-order valence-corrected chi connectivity index (χ1v) is 6.16. The second-order valence-corrected chi connectivity index (χ2v) is 4.73. The summed E-state index contributed by atoms with van der Waals surface area (Å²) in [7, 11) is 0. The van der Waals surface area contributed by atoms with Crippen LogP contribution < -0.4 is 16.8 Å². The van der Waals surface area contributed by atoms with Gasteiger partial charge in [-0.25, -0.2) is 0 Å². The summed E-state index contributed by atoms with van der Waals surface area (Å²) in [6.45, 7) is 5.87. The Bertz CT molecular complexity index is 254. The molecule has 0 aliphatic heterocycles. The lowest BCUT2D eigenvalue weighted by atomic mass is 10.00. The van der Waals surface area contributed by atoms with Crippen LogP contribution in [0.3, 0.4) is 0 Å². The van der Waals surface area contributed by atoms with E-state index in [0.29, 0.717) is 13.0 Å². The summed E-state index contributed by atoms with van der Waals surface area (Å²) in [5, 5.41) is 2.70. The van der Waals surface area contributed by atoms with Crippen LogP contribution in [-0.2, 0) is 9.59 Å². The van der Waals surface area contributed by atoms with Gasteiger partial charge in [0.05, 0.1) is 12.1 Å². The smallest absolute Gasteiger partial charge is 0.237 e. The molecule has 0 saturated carbocycles. The zero-order chi connectivity index (χ0) is 13.4. The second-order valence-electron chi connectivity index (χ2n) is 4.73. The Morgan fingerprint density at radius 3 is 2.24 bits per heavy atom. The summed E-state index contributed by atoms with van der Waals surface area (Å²) >= 11 is 0. The first-order chi connectivity index (χ1) is 7.90. The van der Waals surface area contributed by atoms with Gasteiger partial charge in [0, 0.05) is 0 Å². The third-order valence-corrected chi connectivity index (χ3v) is 2.71. The molecule has 0 aromatic heterocycles. The van der Waals surface area contributed by atoms with Gasteiger partial charge < -0.3 is 16.8 Å². The van der Waals surface area contributed by atoms with Crippen molar-refractivity contribution in [3.05, 3.63) is 0 Å². The van der Waals surface area contributed by atoms with E-state index in [2.05, 4.69) is 5.32 Å². The van der Waals surface area contributed by atoms with E-state index in [9.17, 15) is 9.59 Å². The highest BCUT2D eigenvalue weighted by molar-refractivity contribution is 5.89. The predicted octanol–water partition coefficient (Wildman–Crippen LogP) is 0.173. The number of unbranched alkanes of at least 4 members (excludes halogenated alkanes) is 1. The van der Waals surface area contributed by atoms with E-state index in [0.717, 1.165) is 12.8 Å². The van der Waals surface area contributed by atoms with Crippen molar-refractivity contribution in [1.82, 2.24) is 5.32 Å². The molecule has 1 amide bonds. The van der Waals surface area contributed by atoms with E-state index < -0.39 is 12.1 Å². The lowest BCUT2D eigenvalue weighted by Crippen LogP contribution is -2.50. The Hall–Kier alpha value is -0.940. The number of hydrogen-bond donors (Lipinski definition) is 3. The fourth-order valence-corrected chi connectivity index (χ4v) is 1.64. The number of nitrogens with two attached hydrogens (primary N) is 2. The molecular formula is C12H25N3O2. The summed E-state index contributed by atoms with van der Waals surface area (Å²) < 4.78 is 0. The Labute approximate surface area is 103 Å². The Morgan fingerprint density at radius 2 is 1.82 bits per heavy atom. The zero-order valence-electron chi connectivity index (χ0n) is 11.0. The number of ketones is 1. The van der Waals surface area contributed by atoms with Gasteiger partial charge in [-0.3, -0.25) is 9.59 Å². The van der Waals surface area contributed by atoms with Gasteiger partial charge in [-0.15, -0.1) is 0 Å². The first-order valence-electron chi connectivity index (χ1n) is 6.16. The molecule has 0 radical (unpaired) electrons. The SMILES string of the molecule is CC(=O)[C@@H](NC(=O)[C@@H](N)CCCCN)C(C)C. The zero-order valence-corrected chi connectivity index (χ0v) is 11.0. The van der Waals surface area contributed by atoms with E-state index >= 15 is 0 Å². The van der Waals surface area contributed by atoms with E-state index in [1.165, 1.54) is 6.92 Å². The molecule has 5 N–H and O–H groups in total. The maximum absolute atomic E-state index is 11.7. The number of carbonyl (C=O) groups is 2. The quantitative estimate of drug-likeness (QED) is 0.529. The van der Waals surface area contributed by atoms with Crippen LogP contribution in [0, 0.1) is 5.92 Å². The molecule has 5 heteroatoms. The minimum atomic E-state index is -0.554. The van der Waals surface area contributed by atoms with Gasteiger partial charge in [-0.1, -0.05) is 20.3 Å². The average Bonchev–Trinajstić information content (AvgIpc) is 2.24. The largest absolute Gasteiger partial charge is 0.345 e. The highest BCUT2D eigenvalue weighted by atomic mass is 16.2. The lowest BCUT2D eigenvalue weighted by Gasteiger charge is -2.21. The summed E-state index contributed by atoms with van der Waals surface area (Å²) in [4.78, 5) is 23.1. The van der Waals surface area contributed by atoms with Crippen molar-refractivity contribution in [2.24, 2.45) is 17.4 Å². The molecule has 5 nitrogen and oxygen atoms in total. The maximum atomic E-state index is 11.7. The molecule has 0 aliphatic carbocycles. The summed E-state index contributed by atoms with van der Waals surface area (Å²) in [6.07, 6.45) is 2.30. The average molecular weight is 243 g/mol. The molecule has 2 atom stereocenters. The molecule has 100 valence electrons. The molecule has 17 heavy (non-hydrogen) atoms. The molecule has 0 bridgehead atoms. The number of amides is 1. The van der Waals surface area contributed by atoms with Gasteiger partial charge in [0.2, 0.25) is 5.91 Å². The van der Waals surface area contributed by atoms with Crippen LogP contribution in [0.25, 0.3) is 0 Å². The van der Waals surface area contributed by atoms with Gasteiger partial charge in [0.1, 0.15) is 0 Å². The molecule has 0 spiro atoms. The number of carbonyl (C=O) groups excluding carboxylic acids is 2. The maximum Gasteiger partial charge on any atom is 0.237 e. The van der Waals surface area contributed by atoms with E-state index in [4.69, 9.17) is 11.5 Å². The highest BCUT2D eigenvalue weighted by Gasteiger charge is 2.23. The van der Waals surface area contributed by atoms with Gasteiger partial charge >= 0.3 is 0 Å². The molecule has 0 unspecified atom stereocenters. The van der Waals surface area contributed by atoms with E-state index in [1.54, 1.807) is 0 Å². The van der Waals surface area contributed by atoms with Crippen LogP contribution in [0.5, 0.6) is 0 Å². The molecule has 0 aromatic carbocycles. The Morgan fingerprint density at radius 1 is 1.24 bits per heavy atom. The van der Waals surface area contributed by atoms with Crippen LogP contribution in [-0.4, -0.2) is 30.3 Å². The van der Waals surface area contributed by atoms with Crippen LogP contribution in [0.15, 0.2) is 0 Å². The number of Topliss-reactive ketones (excluding diaryl/α,β-unsaturated/α-hetero) is 1. The van der Waals surface area contributed by atoms with Crippen molar-refractivity contribution < 1.29 is 9.59 Å². The predicted molar refractivity (Wildman–Crippen MR) is 68.3 cm³/mol. The van der Waals surface area contributed by atoms with Crippen LogP contribution >= 0.6 is 0 Å². The highest BCUT2D eigenvalue weighted by Crippen LogP contribution is 2.04. The van der Waals surface area contributed by atoms with Crippen LogP contribution in [0.2, 0.25) is 0 Å². The van der Waals surface area contributed by atoms with Gasteiger partial charge in [-0.2, -0.15) is 0 Å². The summed E-state index contributed by atoms with van der Waals surface area (Å²) in [5.41, 5.74) is 11.1. The topological polar surface area (TPSA) is 98.2 Å². The number of rotatable bonds is 8. The summed E-state index contributed by atoms with van der Waals surface area (Å²) in [6, 6.07) is -0.995. The number of nitrogens with one attached hydrogen (secondary N) is 1. The summed E-state index contributed by atoms with van der Waals surface area (Å²) in [5.74, 6) is -0.217. The molecule has 0 fully saturated rings. The van der Waals surface area contributed by atoms with Crippen molar-refractivity contribution in [3.8, 4) is 0 Å². The third kappa shape index (κ3) is 6.38. The van der Waals surface area contributed by atoms with Crippen molar-refractivity contribution in [1.29, 1.82) is 0 Å². The molecule has 0 saturated heterocycles. The molecule has 0 aliphatic rings. The first kappa shape index (κ1) is 16.1. The minimum absolute atomic E-state index is 0.0393. The second kappa shape index (κ2) is 8.20. The van der Waals surface area contributed by atoms with Crippen LogP contribution in [0.4, 0.5) is 0 Å². The van der Waals surface area contributed by atoms with E-state index in [-0.39, 0.29) is 17.6 Å². The monoisotopic (exact) mass is 243 g/mol. The lowest BCUT2D eigenvalue weighted by molar-refractivity contribution is -0.128. The van der Waals surface area contributed by atoms with Crippen LogP contribution in [0.1, 0.15) is 40.0 Å². The van der Waals surface area contributed by atoms with Crippen molar-refractivity contribution >= 4 is 11.7 Å². The third-order valence-electron chi connectivity index (χ3n) is 2.71. The molecule has 0 rings (SSSR count). The van der Waals surface area contributed by atoms with Gasteiger partial charge in [-0.05, 0) is 32.2 Å². The van der Waals surface area contributed by atoms with E-state index in [1.807, 2.05) is 13.8 Å². The molecular weight excluding hydrogens is 218 g/mol. The van der Waals surface area contributed by atoms with Gasteiger partial charge in [0.15, 0.2) is 5.78 Å². The Kier molecular flexibility index (Phi) is 7.74. The van der Waals surface area contributed by atoms with Crippen molar-refractivity contribution in [2.45, 2.75) is 52.1 Å². The minimum Gasteiger partial charge on any atom is -0.345 e. The fraction of sp³-hybridized carbons (Fsp3) is 0.833. The van der Waals surface area contributed by atoms with Crippen molar-refractivity contribution in [2.75, 3.05) is 6.54 Å². The normalized spacial score (nSPS) is 14.5. The standard InChI is InChI=1S/C12H25N3O2/c1-8(2)11(9(3)16)15-12(17)10(14)6-4-5-7-13/h8,10-11H,4-7,13-14H2,1-3H3,(H,15,17)/t10-,11-/m0/s1. The van der Waals surface area contributed by atoms with Gasteiger partial charge in [0.25, 0.3) is 0 Å². The Balaban J connectivity index is 4.16. The van der Waals surface area contributed by atoms with Crippen molar-refractivity contribution in [3.63, 3.8) is 0 Å². The fourth-order valence-electron chi connectivity index (χ4n) is 1.64.